The van der Waals surface area contributed by atoms with Crippen LogP contribution in [0.15, 0.2) is 28.7 Å². The summed E-state index contributed by atoms with van der Waals surface area (Å²) in [6.45, 7) is 3.16. The lowest BCUT2D eigenvalue weighted by molar-refractivity contribution is -0.132. The van der Waals surface area contributed by atoms with Crippen molar-refractivity contribution < 1.29 is 4.79 Å². The molecule has 1 saturated heterocycles. The van der Waals surface area contributed by atoms with Crippen molar-refractivity contribution in [1.82, 2.24) is 9.80 Å². The van der Waals surface area contributed by atoms with Crippen molar-refractivity contribution in [3.63, 3.8) is 0 Å². The van der Waals surface area contributed by atoms with Crippen molar-refractivity contribution >= 4 is 21.8 Å². The Morgan fingerprint density at radius 2 is 1.85 bits per heavy atom. The fraction of sp³-hybridized carbons (Fsp3) is 0.562. The van der Waals surface area contributed by atoms with E-state index in [0.717, 1.165) is 36.9 Å². The molecule has 4 heteroatoms. The molecule has 0 spiro atoms. The van der Waals surface area contributed by atoms with Crippen molar-refractivity contribution in [3.8, 4) is 0 Å². The Morgan fingerprint density at radius 1 is 1.20 bits per heavy atom. The van der Waals surface area contributed by atoms with Crippen molar-refractivity contribution in [2.45, 2.75) is 32.2 Å². The number of hydrogen-bond acceptors (Lipinski definition) is 2. The first-order valence-electron chi connectivity index (χ1n) is 7.36. The summed E-state index contributed by atoms with van der Waals surface area (Å²) in [5, 5.41) is 0. The second-order valence-electron chi connectivity index (χ2n) is 5.56. The smallest absolute Gasteiger partial charge is 0.236 e. The molecule has 0 saturated carbocycles. The van der Waals surface area contributed by atoms with Crippen LogP contribution in [0.5, 0.6) is 0 Å². The molecule has 20 heavy (non-hydrogen) atoms. The van der Waals surface area contributed by atoms with Crippen LogP contribution in [0.3, 0.4) is 0 Å². The predicted molar refractivity (Wildman–Crippen MR) is 85.5 cm³/mol. The topological polar surface area (TPSA) is 23.6 Å². The zero-order valence-electron chi connectivity index (χ0n) is 12.1. The zero-order chi connectivity index (χ0) is 14.4. The Morgan fingerprint density at radius 3 is 2.50 bits per heavy atom. The van der Waals surface area contributed by atoms with Crippen LogP contribution in [0.2, 0.25) is 0 Å². The largest absolute Gasteiger partial charge is 0.342 e. The average molecular weight is 339 g/mol. The predicted octanol–water partition coefficient (Wildman–Crippen LogP) is 3.28. The molecule has 1 aliphatic heterocycles. The van der Waals surface area contributed by atoms with E-state index in [4.69, 9.17) is 0 Å². The molecule has 1 aliphatic rings. The highest BCUT2D eigenvalue weighted by molar-refractivity contribution is 9.10. The van der Waals surface area contributed by atoms with E-state index in [1.165, 1.54) is 18.4 Å². The lowest BCUT2D eigenvalue weighted by Gasteiger charge is -2.24. The third-order valence-electron chi connectivity index (χ3n) is 3.76. The number of hydrogen-bond donors (Lipinski definition) is 0. The Bertz CT molecular complexity index is 442. The molecule has 0 aromatic heterocycles. The van der Waals surface area contributed by atoms with Gasteiger partial charge in [0.1, 0.15) is 0 Å². The van der Waals surface area contributed by atoms with E-state index < -0.39 is 0 Å². The summed E-state index contributed by atoms with van der Waals surface area (Å²) in [6.07, 6.45) is 4.83. The first-order valence-corrected chi connectivity index (χ1v) is 8.16. The molecular weight excluding hydrogens is 316 g/mol. The maximum Gasteiger partial charge on any atom is 0.236 e. The molecule has 0 aliphatic carbocycles. The van der Waals surface area contributed by atoms with Crippen molar-refractivity contribution in [1.29, 1.82) is 0 Å². The number of benzene rings is 1. The highest BCUT2D eigenvalue weighted by atomic mass is 79.9. The van der Waals surface area contributed by atoms with Crippen molar-refractivity contribution in [3.05, 3.63) is 34.3 Å². The van der Waals surface area contributed by atoms with Gasteiger partial charge in [0.15, 0.2) is 0 Å². The average Bonchev–Trinajstić information content (AvgIpc) is 2.70. The normalized spacial score (nSPS) is 16.2. The summed E-state index contributed by atoms with van der Waals surface area (Å²) >= 11 is 3.56. The minimum absolute atomic E-state index is 0.265. The van der Waals surface area contributed by atoms with E-state index in [1.54, 1.807) is 0 Å². The van der Waals surface area contributed by atoms with Gasteiger partial charge in [-0.05, 0) is 31.5 Å². The van der Waals surface area contributed by atoms with E-state index in [2.05, 4.69) is 26.9 Å². The van der Waals surface area contributed by atoms with Crippen molar-refractivity contribution in [2.75, 3.05) is 26.7 Å². The molecule has 1 fully saturated rings. The summed E-state index contributed by atoms with van der Waals surface area (Å²) in [4.78, 5) is 16.4. The van der Waals surface area contributed by atoms with Crippen LogP contribution in [0.4, 0.5) is 0 Å². The molecule has 110 valence electrons. The number of rotatable bonds is 4. The number of carbonyl (C=O) groups excluding carboxylic acids is 1. The van der Waals surface area contributed by atoms with Crippen LogP contribution in [0.1, 0.15) is 31.2 Å². The minimum Gasteiger partial charge on any atom is -0.342 e. The first-order chi connectivity index (χ1) is 9.66. The van der Waals surface area contributed by atoms with Gasteiger partial charge in [-0.25, -0.2) is 0 Å². The highest BCUT2D eigenvalue weighted by Crippen LogP contribution is 2.17. The molecule has 0 atom stereocenters. The van der Waals surface area contributed by atoms with Gasteiger partial charge in [0.05, 0.1) is 6.54 Å². The van der Waals surface area contributed by atoms with Gasteiger partial charge in [-0.2, -0.15) is 0 Å². The maximum atomic E-state index is 12.3. The first kappa shape index (κ1) is 15.5. The molecule has 2 rings (SSSR count). The SMILES string of the molecule is CN(CC(=O)N1CCCCCC1)Cc1ccccc1Br. The van der Waals surface area contributed by atoms with Crippen LogP contribution < -0.4 is 0 Å². The molecule has 1 amide bonds. The van der Waals surface area contributed by atoms with E-state index in [9.17, 15) is 4.79 Å². The van der Waals surface area contributed by atoms with Crippen LogP contribution >= 0.6 is 15.9 Å². The molecule has 1 heterocycles. The van der Waals surface area contributed by atoms with Gasteiger partial charge in [-0.3, -0.25) is 9.69 Å². The lowest BCUT2D eigenvalue weighted by Crippen LogP contribution is -2.39. The molecular formula is C16H23BrN2O. The number of nitrogens with zero attached hydrogens (tertiary/aromatic N) is 2. The highest BCUT2D eigenvalue weighted by Gasteiger charge is 2.17. The van der Waals surface area contributed by atoms with Gasteiger partial charge in [0.25, 0.3) is 0 Å². The van der Waals surface area contributed by atoms with Gasteiger partial charge in [0.2, 0.25) is 5.91 Å². The summed E-state index contributed by atoms with van der Waals surface area (Å²) in [6, 6.07) is 8.18. The zero-order valence-corrected chi connectivity index (χ0v) is 13.7. The maximum absolute atomic E-state index is 12.3. The Hall–Kier alpha value is -0.870. The van der Waals surface area contributed by atoms with Gasteiger partial charge in [-0.1, -0.05) is 47.0 Å². The molecule has 0 bridgehead atoms. The van der Waals surface area contributed by atoms with Crippen LogP contribution in [-0.4, -0.2) is 42.4 Å². The van der Waals surface area contributed by atoms with E-state index in [0.29, 0.717) is 6.54 Å². The molecule has 0 N–H and O–H groups in total. The Kier molecular flexibility index (Phi) is 6.05. The molecule has 3 nitrogen and oxygen atoms in total. The Balaban J connectivity index is 1.85. The molecule has 0 unspecified atom stereocenters. The molecule has 1 aromatic carbocycles. The van der Waals surface area contributed by atoms with Gasteiger partial charge in [-0.15, -0.1) is 0 Å². The van der Waals surface area contributed by atoms with Gasteiger partial charge < -0.3 is 4.90 Å². The lowest BCUT2D eigenvalue weighted by atomic mass is 10.2. The summed E-state index contributed by atoms with van der Waals surface area (Å²) < 4.78 is 1.11. The fourth-order valence-electron chi connectivity index (χ4n) is 2.62. The van der Waals surface area contributed by atoms with Crippen LogP contribution in [0, 0.1) is 0 Å². The summed E-state index contributed by atoms with van der Waals surface area (Å²) in [5.41, 5.74) is 1.22. The van der Waals surface area contributed by atoms with Crippen LogP contribution in [0.25, 0.3) is 0 Å². The number of halogens is 1. The van der Waals surface area contributed by atoms with Crippen LogP contribution in [-0.2, 0) is 11.3 Å². The second-order valence-corrected chi connectivity index (χ2v) is 6.41. The number of likely N-dealkylation sites (tertiary alicyclic amines) is 1. The van der Waals surface area contributed by atoms with Gasteiger partial charge >= 0.3 is 0 Å². The third-order valence-corrected chi connectivity index (χ3v) is 4.54. The standard InChI is InChI=1S/C16H23BrN2O/c1-18(12-14-8-4-5-9-15(14)17)13-16(20)19-10-6-2-3-7-11-19/h4-5,8-9H,2-3,6-7,10-13H2,1H3. The van der Waals surface area contributed by atoms with Gasteiger partial charge in [0, 0.05) is 24.1 Å². The second kappa shape index (κ2) is 7.79. The number of likely N-dealkylation sites (N-methyl/N-ethyl adjacent to an activating group) is 1. The van der Waals surface area contributed by atoms with E-state index in [1.807, 2.05) is 30.1 Å². The number of carbonyl (C=O) groups is 1. The van der Waals surface area contributed by atoms with E-state index in [-0.39, 0.29) is 5.91 Å². The number of amides is 1. The van der Waals surface area contributed by atoms with E-state index >= 15 is 0 Å². The quantitative estimate of drug-likeness (QED) is 0.840. The Labute approximate surface area is 130 Å². The molecule has 0 radical (unpaired) electrons. The monoisotopic (exact) mass is 338 g/mol. The summed E-state index contributed by atoms with van der Waals surface area (Å²) in [7, 11) is 2.01. The third kappa shape index (κ3) is 4.60. The molecule has 1 aromatic rings. The van der Waals surface area contributed by atoms with Crippen molar-refractivity contribution in [2.24, 2.45) is 0 Å². The summed E-state index contributed by atoms with van der Waals surface area (Å²) in [5.74, 6) is 0.265. The fourth-order valence-corrected chi connectivity index (χ4v) is 3.03. The minimum atomic E-state index is 0.265.